The summed E-state index contributed by atoms with van der Waals surface area (Å²) in [5.74, 6) is 0.638. The minimum Gasteiger partial charge on any atom is -0.388 e. The third-order valence-electron chi connectivity index (χ3n) is 5.49. The van der Waals surface area contributed by atoms with Crippen molar-refractivity contribution in [2.75, 3.05) is 13.2 Å². The van der Waals surface area contributed by atoms with E-state index < -0.39 is 8.56 Å². The summed E-state index contributed by atoms with van der Waals surface area (Å²) in [4.78, 5) is 0. The summed E-state index contributed by atoms with van der Waals surface area (Å²) in [6.07, 6.45) is 9.21. The van der Waals surface area contributed by atoms with Crippen molar-refractivity contribution in [3.63, 3.8) is 0 Å². The molecule has 0 aliphatic heterocycles. The molecule has 0 radical (unpaired) electrons. The molecule has 0 aliphatic rings. The molecule has 0 saturated heterocycles. The third kappa shape index (κ3) is 7.86. The number of hydrogen-bond acceptors (Lipinski definition) is 2. The van der Waals surface area contributed by atoms with Gasteiger partial charge in [-0.05, 0) is 55.8 Å². The van der Waals surface area contributed by atoms with Crippen LogP contribution in [0.15, 0.2) is 72.3 Å². The Labute approximate surface area is 185 Å². The second kappa shape index (κ2) is 13.6. The predicted octanol–water partition coefficient (Wildman–Crippen LogP) is 6.24. The number of unbranched alkanes of at least 4 members (excludes halogenated alkanes) is 2. The number of hydrogen-bond donors (Lipinski definition) is 0. The molecule has 30 heavy (non-hydrogen) atoms. The minimum absolute atomic E-state index is 0.638. The molecule has 0 heterocycles. The Hall–Kier alpha value is -1.68. The maximum Gasteiger partial charge on any atom is 0.407 e. The molecule has 2 rings (SSSR count). The summed E-state index contributed by atoms with van der Waals surface area (Å²) >= 11 is 0. The number of rotatable bonds is 14. The summed E-state index contributed by atoms with van der Waals surface area (Å²) in [6, 6.07) is 21.2. The van der Waals surface area contributed by atoms with Crippen LogP contribution in [0.4, 0.5) is 0 Å². The second-order valence-electron chi connectivity index (χ2n) is 8.51. The normalized spacial score (nSPS) is 12.5. The van der Waals surface area contributed by atoms with E-state index >= 15 is 0 Å². The fourth-order valence-electron chi connectivity index (χ4n) is 3.63. The van der Waals surface area contributed by atoms with Gasteiger partial charge in [-0.15, -0.1) is 0 Å². The smallest absolute Gasteiger partial charge is 0.388 e. The summed E-state index contributed by atoms with van der Waals surface area (Å²) in [5, 5.41) is 2.40. The Balaban J connectivity index is 2.17. The van der Waals surface area contributed by atoms with E-state index in [1.54, 1.807) is 0 Å². The lowest BCUT2D eigenvalue weighted by molar-refractivity contribution is 0.177. The zero-order valence-corrected chi connectivity index (χ0v) is 20.4. The SMILES string of the molecule is CCCCCO[Si](OCCC(C)CCC=C(C)C)(c1ccccc1)c1ccccc1. The quantitative estimate of drug-likeness (QED) is 0.203. The summed E-state index contributed by atoms with van der Waals surface area (Å²) in [7, 11) is -2.73. The fraction of sp³-hybridized carbons (Fsp3) is 0.481. The van der Waals surface area contributed by atoms with E-state index in [-0.39, 0.29) is 0 Å². The van der Waals surface area contributed by atoms with E-state index in [1.807, 2.05) is 0 Å². The van der Waals surface area contributed by atoms with Gasteiger partial charge < -0.3 is 8.85 Å². The third-order valence-corrected chi connectivity index (χ3v) is 8.90. The van der Waals surface area contributed by atoms with E-state index in [9.17, 15) is 0 Å². The Morgan fingerprint density at radius 2 is 1.40 bits per heavy atom. The zero-order valence-electron chi connectivity index (χ0n) is 19.4. The van der Waals surface area contributed by atoms with E-state index in [2.05, 4.69) is 94.4 Å². The van der Waals surface area contributed by atoms with Gasteiger partial charge in [0.15, 0.2) is 0 Å². The molecule has 2 aromatic carbocycles. The zero-order chi connectivity index (χ0) is 21.7. The van der Waals surface area contributed by atoms with Crippen LogP contribution in [0.25, 0.3) is 0 Å². The highest BCUT2D eigenvalue weighted by Gasteiger charge is 2.42. The van der Waals surface area contributed by atoms with Crippen molar-refractivity contribution in [2.24, 2.45) is 5.92 Å². The first-order valence-electron chi connectivity index (χ1n) is 11.6. The lowest BCUT2D eigenvalue weighted by atomic mass is 10.0. The van der Waals surface area contributed by atoms with Crippen LogP contribution >= 0.6 is 0 Å². The topological polar surface area (TPSA) is 18.5 Å². The molecule has 0 saturated carbocycles. The van der Waals surface area contributed by atoms with Crippen LogP contribution in [0, 0.1) is 5.92 Å². The van der Waals surface area contributed by atoms with E-state index in [0.29, 0.717) is 5.92 Å². The molecule has 0 aliphatic carbocycles. The van der Waals surface area contributed by atoms with Gasteiger partial charge >= 0.3 is 8.56 Å². The molecule has 0 fully saturated rings. The molecule has 0 spiro atoms. The van der Waals surface area contributed by atoms with Gasteiger partial charge in [0.2, 0.25) is 0 Å². The minimum atomic E-state index is -2.73. The van der Waals surface area contributed by atoms with Gasteiger partial charge in [0.25, 0.3) is 0 Å². The average molecular weight is 425 g/mol. The number of allylic oxidation sites excluding steroid dienone is 2. The molecule has 0 aromatic heterocycles. The fourth-order valence-corrected chi connectivity index (χ4v) is 6.81. The molecule has 0 amide bonds. The van der Waals surface area contributed by atoms with Crippen LogP contribution in [-0.4, -0.2) is 21.8 Å². The Bertz CT molecular complexity index is 684. The summed E-state index contributed by atoms with van der Waals surface area (Å²) < 4.78 is 13.5. The Morgan fingerprint density at radius 1 is 0.833 bits per heavy atom. The Kier molecular flexibility index (Phi) is 11.1. The summed E-state index contributed by atoms with van der Waals surface area (Å²) in [6.45, 7) is 10.4. The van der Waals surface area contributed by atoms with Crippen molar-refractivity contribution in [1.82, 2.24) is 0 Å². The molecule has 2 nitrogen and oxygen atoms in total. The van der Waals surface area contributed by atoms with Gasteiger partial charge in [-0.25, -0.2) is 0 Å². The maximum atomic E-state index is 6.78. The molecular weight excluding hydrogens is 384 g/mol. The average Bonchev–Trinajstić information content (AvgIpc) is 2.76. The number of benzene rings is 2. The van der Waals surface area contributed by atoms with Gasteiger partial charge in [-0.1, -0.05) is 99.0 Å². The van der Waals surface area contributed by atoms with Gasteiger partial charge in [0, 0.05) is 13.2 Å². The molecular formula is C27H40O2Si. The van der Waals surface area contributed by atoms with Gasteiger partial charge in [-0.3, -0.25) is 0 Å². The van der Waals surface area contributed by atoms with Crippen molar-refractivity contribution < 1.29 is 8.85 Å². The highest BCUT2D eigenvalue weighted by Crippen LogP contribution is 2.16. The molecule has 2 aromatic rings. The first-order chi connectivity index (χ1) is 14.6. The van der Waals surface area contributed by atoms with Crippen LogP contribution in [-0.2, 0) is 8.85 Å². The van der Waals surface area contributed by atoms with Crippen LogP contribution in [0.3, 0.4) is 0 Å². The van der Waals surface area contributed by atoms with Crippen molar-refractivity contribution in [3.05, 3.63) is 72.3 Å². The lowest BCUT2D eigenvalue weighted by Crippen LogP contribution is -2.63. The molecule has 3 heteroatoms. The van der Waals surface area contributed by atoms with Crippen LogP contribution in [0.1, 0.15) is 66.2 Å². The van der Waals surface area contributed by atoms with Crippen LogP contribution < -0.4 is 10.4 Å². The second-order valence-corrected chi connectivity index (χ2v) is 11.5. The van der Waals surface area contributed by atoms with Gasteiger partial charge in [0.05, 0.1) is 0 Å². The van der Waals surface area contributed by atoms with Crippen LogP contribution in [0.5, 0.6) is 0 Å². The lowest BCUT2D eigenvalue weighted by Gasteiger charge is -2.32. The molecule has 1 atom stereocenters. The first-order valence-corrected chi connectivity index (χ1v) is 13.4. The van der Waals surface area contributed by atoms with Crippen molar-refractivity contribution >= 4 is 18.9 Å². The maximum absolute atomic E-state index is 6.78. The standard InChI is InChI=1S/C27H40O2Si/c1-5-6-13-22-28-30(26-17-9-7-10-18-26,27-19-11-8-12-20-27)29-23-21-25(4)16-14-15-24(2)3/h7-12,15,17-20,25H,5-6,13-14,16,21-23H2,1-4H3. The van der Waals surface area contributed by atoms with E-state index in [0.717, 1.165) is 32.5 Å². The largest absolute Gasteiger partial charge is 0.407 e. The highest BCUT2D eigenvalue weighted by atomic mass is 28.4. The van der Waals surface area contributed by atoms with Crippen molar-refractivity contribution in [2.45, 2.75) is 66.2 Å². The Morgan fingerprint density at radius 3 is 1.93 bits per heavy atom. The highest BCUT2D eigenvalue weighted by molar-refractivity contribution is 6.92. The van der Waals surface area contributed by atoms with Gasteiger partial charge in [0.1, 0.15) is 0 Å². The molecule has 1 unspecified atom stereocenters. The predicted molar refractivity (Wildman–Crippen MR) is 132 cm³/mol. The monoisotopic (exact) mass is 424 g/mol. The van der Waals surface area contributed by atoms with Crippen LogP contribution in [0.2, 0.25) is 0 Å². The van der Waals surface area contributed by atoms with Gasteiger partial charge in [-0.2, -0.15) is 0 Å². The van der Waals surface area contributed by atoms with E-state index in [1.165, 1.54) is 35.2 Å². The van der Waals surface area contributed by atoms with E-state index in [4.69, 9.17) is 8.85 Å². The molecule has 0 bridgehead atoms. The first kappa shape index (κ1) is 24.6. The van der Waals surface area contributed by atoms with Crippen molar-refractivity contribution in [3.8, 4) is 0 Å². The summed E-state index contributed by atoms with van der Waals surface area (Å²) in [5.41, 5.74) is 1.40. The van der Waals surface area contributed by atoms with Crippen molar-refractivity contribution in [1.29, 1.82) is 0 Å². The molecule has 164 valence electrons. The molecule has 0 N–H and O–H groups in total.